The lowest BCUT2D eigenvalue weighted by Gasteiger charge is -2.18. The molecule has 4 rings (SSSR count). The van der Waals surface area contributed by atoms with E-state index in [4.69, 9.17) is 4.98 Å². The maximum atomic E-state index is 12.9. The van der Waals surface area contributed by atoms with Crippen molar-refractivity contribution in [3.63, 3.8) is 0 Å². The van der Waals surface area contributed by atoms with Crippen LogP contribution in [-0.4, -0.2) is 22.0 Å². The molecule has 1 aromatic heterocycles. The van der Waals surface area contributed by atoms with Crippen molar-refractivity contribution in [1.82, 2.24) is 9.55 Å². The summed E-state index contributed by atoms with van der Waals surface area (Å²) in [6.45, 7) is 8.12. The number of imidazole rings is 1. The van der Waals surface area contributed by atoms with E-state index in [0.717, 1.165) is 30.0 Å². The van der Waals surface area contributed by atoms with Crippen molar-refractivity contribution in [3.8, 4) is 0 Å². The van der Waals surface area contributed by atoms with E-state index in [1.165, 1.54) is 42.3 Å². The molecule has 1 unspecified atom stereocenters. The number of anilines is 1. The number of aromatic nitrogens is 2. The molecule has 0 spiro atoms. The van der Waals surface area contributed by atoms with Gasteiger partial charge < -0.3 is 9.47 Å². The monoisotopic (exact) mass is 403 g/mol. The van der Waals surface area contributed by atoms with Crippen molar-refractivity contribution >= 4 is 22.6 Å². The zero-order valence-electron chi connectivity index (χ0n) is 18.5. The minimum atomic E-state index is 0.140. The summed E-state index contributed by atoms with van der Waals surface area (Å²) in [4.78, 5) is 19.9. The lowest BCUT2D eigenvalue weighted by molar-refractivity contribution is -0.117. The predicted octanol–water partition coefficient (Wildman–Crippen LogP) is 6.14. The number of unbranched alkanes of at least 4 members (excludes halogenated alkanes) is 4. The summed E-state index contributed by atoms with van der Waals surface area (Å²) in [5.41, 5.74) is 5.64. The smallest absolute Gasteiger partial charge is 0.227 e. The lowest BCUT2D eigenvalue weighted by atomic mass is 10.1. The Bertz CT molecular complexity index is 1020. The highest BCUT2D eigenvalue weighted by Crippen LogP contribution is 2.34. The van der Waals surface area contributed by atoms with Crippen LogP contribution >= 0.6 is 0 Å². The van der Waals surface area contributed by atoms with E-state index in [9.17, 15) is 4.79 Å². The summed E-state index contributed by atoms with van der Waals surface area (Å²) in [7, 11) is 0. The predicted molar refractivity (Wildman–Crippen MR) is 124 cm³/mol. The van der Waals surface area contributed by atoms with Gasteiger partial charge in [-0.05, 0) is 55.7 Å². The summed E-state index contributed by atoms with van der Waals surface area (Å²) in [5.74, 6) is 1.42. The first kappa shape index (κ1) is 20.6. The molecule has 1 aliphatic heterocycles. The number of benzene rings is 2. The molecule has 0 aliphatic carbocycles. The fraction of sp³-hybridized carbons (Fsp3) is 0.462. The van der Waals surface area contributed by atoms with Gasteiger partial charge in [-0.2, -0.15) is 0 Å². The Hall–Kier alpha value is -2.62. The highest BCUT2D eigenvalue weighted by Gasteiger charge is 2.34. The third kappa shape index (κ3) is 4.28. The molecule has 0 bridgehead atoms. The van der Waals surface area contributed by atoms with Gasteiger partial charge in [0.2, 0.25) is 5.91 Å². The van der Waals surface area contributed by atoms with Crippen molar-refractivity contribution in [1.29, 1.82) is 0 Å². The Morgan fingerprint density at radius 3 is 2.50 bits per heavy atom. The average Bonchev–Trinajstić information content (AvgIpc) is 3.28. The van der Waals surface area contributed by atoms with Gasteiger partial charge in [-0.25, -0.2) is 4.98 Å². The van der Waals surface area contributed by atoms with Crippen LogP contribution in [0.4, 0.5) is 5.69 Å². The third-order valence-electron chi connectivity index (χ3n) is 6.18. The van der Waals surface area contributed by atoms with Gasteiger partial charge in [0.25, 0.3) is 0 Å². The van der Waals surface area contributed by atoms with Crippen LogP contribution in [0.2, 0.25) is 0 Å². The fourth-order valence-corrected chi connectivity index (χ4v) is 4.75. The molecule has 2 heterocycles. The minimum Gasteiger partial charge on any atom is -0.328 e. The highest BCUT2D eigenvalue weighted by atomic mass is 16.2. The Morgan fingerprint density at radius 2 is 1.73 bits per heavy atom. The van der Waals surface area contributed by atoms with Crippen molar-refractivity contribution in [3.05, 3.63) is 59.4 Å². The summed E-state index contributed by atoms with van der Waals surface area (Å²) in [6, 6.07) is 14.8. The van der Waals surface area contributed by atoms with Crippen molar-refractivity contribution < 1.29 is 4.79 Å². The third-order valence-corrected chi connectivity index (χ3v) is 6.18. The standard InChI is InChI=1S/C26H33N3O/c1-4-5-6-7-10-13-28-24-12-9-8-11-23(24)27-26(28)21-17-25(30)29(18-21)22-15-19(2)14-20(3)16-22/h8-9,11-12,14-16,21H,4-7,10,13,17-18H2,1-3H3. The Kier molecular flexibility index (Phi) is 6.21. The van der Waals surface area contributed by atoms with Gasteiger partial charge in [-0.15, -0.1) is 0 Å². The Morgan fingerprint density at radius 1 is 1.00 bits per heavy atom. The SMILES string of the molecule is CCCCCCCn1c(C2CC(=O)N(c3cc(C)cc(C)c3)C2)nc2ccccc21. The average molecular weight is 404 g/mol. The van der Waals surface area contributed by atoms with E-state index in [1.807, 2.05) is 11.0 Å². The Labute approximate surface area is 179 Å². The van der Waals surface area contributed by atoms with Crippen molar-refractivity contribution in [2.45, 2.75) is 71.8 Å². The number of fused-ring (bicyclic) bond motifs is 1. The van der Waals surface area contributed by atoms with Crippen LogP contribution in [0.5, 0.6) is 0 Å². The van der Waals surface area contributed by atoms with Crippen molar-refractivity contribution in [2.75, 3.05) is 11.4 Å². The van der Waals surface area contributed by atoms with Gasteiger partial charge in [-0.1, -0.05) is 50.8 Å². The molecular weight excluding hydrogens is 370 g/mol. The van der Waals surface area contributed by atoms with Crippen LogP contribution in [0.25, 0.3) is 11.0 Å². The van der Waals surface area contributed by atoms with Crippen LogP contribution in [0.1, 0.15) is 68.3 Å². The Balaban J connectivity index is 1.59. The highest BCUT2D eigenvalue weighted by molar-refractivity contribution is 5.96. The maximum Gasteiger partial charge on any atom is 0.227 e. The molecule has 1 fully saturated rings. The molecule has 158 valence electrons. The number of para-hydroxylation sites is 2. The van der Waals surface area contributed by atoms with Gasteiger partial charge in [0.1, 0.15) is 5.82 Å². The van der Waals surface area contributed by atoms with Crippen LogP contribution in [0, 0.1) is 13.8 Å². The molecule has 4 nitrogen and oxygen atoms in total. The molecule has 30 heavy (non-hydrogen) atoms. The molecule has 1 atom stereocenters. The molecule has 0 N–H and O–H groups in total. The first-order valence-corrected chi connectivity index (χ1v) is 11.4. The zero-order valence-corrected chi connectivity index (χ0v) is 18.5. The molecule has 3 aromatic rings. The van der Waals surface area contributed by atoms with E-state index in [-0.39, 0.29) is 11.8 Å². The van der Waals surface area contributed by atoms with E-state index >= 15 is 0 Å². The number of rotatable bonds is 8. The normalized spacial score (nSPS) is 16.7. The first-order valence-electron chi connectivity index (χ1n) is 11.4. The second-order valence-electron chi connectivity index (χ2n) is 8.78. The van der Waals surface area contributed by atoms with E-state index in [2.05, 4.69) is 61.7 Å². The molecule has 1 aliphatic rings. The fourth-order valence-electron chi connectivity index (χ4n) is 4.75. The molecule has 2 aromatic carbocycles. The van der Waals surface area contributed by atoms with E-state index in [1.54, 1.807) is 0 Å². The summed E-state index contributed by atoms with van der Waals surface area (Å²) >= 11 is 0. The van der Waals surface area contributed by atoms with Gasteiger partial charge >= 0.3 is 0 Å². The topological polar surface area (TPSA) is 38.1 Å². The number of amides is 1. The van der Waals surface area contributed by atoms with E-state index < -0.39 is 0 Å². The number of nitrogens with zero attached hydrogens (tertiary/aromatic N) is 3. The molecule has 1 amide bonds. The molecular formula is C26H33N3O. The number of carbonyl (C=O) groups excluding carboxylic acids is 1. The van der Waals surface area contributed by atoms with Crippen molar-refractivity contribution in [2.24, 2.45) is 0 Å². The van der Waals surface area contributed by atoms with Gasteiger partial charge in [-0.3, -0.25) is 4.79 Å². The molecule has 4 heteroatoms. The molecule has 0 radical (unpaired) electrons. The van der Waals surface area contributed by atoms with Gasteiger partial charge in [0.05, 0.1) is 11.0 Å². The second kappa shape index (κ2) is 9.03. The van der Waals surface area contributed by atoms with Gasteiger partial charge in [0.15, 0.2) is 0 Å². The zero-order chi connectivity index (χ0) is 21.1. The number of aryl methyl sites for hydroxylation is 3. The largest absolute Gasteiger partial charge is 0.328 e. The molecule has 0 saturated carbocycles. The number of hydrogen-bond donors (Lipinski definition) is 0. The second-order valence-corrected chi connectivity index (χ2v) is 8.78. The summed E-state index contributed by atoms with van der Waals surface area (Å²) < 4.78 is 2.38. The van der Waals surface area contributed by atoms with E-state index in [0.29, 0.717) is 13.0 Å². The number of hydrogen-bond acceptors (Lipinski definition) is 2. The molecule has 1 saturated heterocycles. The van der Waals surface area contributed by atoms with Crippen LogP contribution in [0.3, 0.4) is 0 Å². The maximum absolute atomic E-state index is 12.9. The van der Waals surface area contributed by atoms with Gasteiger partial charge in [0, 0.05) is 31.1 Å². The van der Waals surface area contributed by atoms with Crippen LogP contribution < -0.4 is 4.90 Å². The van der Waals surface area contributed by atoms with Crippen LogP contribution in [-0.2, 0) is 11.3 Å². The van der Waals surface area contributed by atoms with Crippen LogP contribution in [0.15, 0.2) is 42.5 Å². The number of carbonyl (C=O) groups is 1. The minimum absolute atomic E-state index is 0.140. The quantitative estimate of drug-likeness (QED) is 0.423. The first-order chi connectivity index (χ1) is 14.6. The lowest BCUT2D eigenvalue weighted by Crippen LogP contribution is -2.24. The summed E-state index contributed by atoms with van der Waals surface area (Å²) in [6.07, 6.45) is 6.80. The summed E-state index contributed by atoms with van der Waals surface area (Å²) in [5, 5.41) is 0.